The summed E-state index contributed by atoms with van der Waals surface area (Å²) in [6.07, 6.45) is 2.37. The van der Waals surface area contributed by atoms with Crippen molar-refractivity contribution in [1.82, 2.24) is 0 Å². The van der Waals surface area contributed by atoms with E-state index in [-0.39, 0.29) is 0 Å². The van der Waals surface area contributed by atoms with E-state index < -0.39 is 17.4 Å². The molecule has 4 heteroatoms. The van der Waals surface area contributed by atoms with Crippen molar-refractivity contribution in [3.8, 4) is 0 Å². The van der Waals surface area contributed by atoms with E-state index in [0.717, 1.165) is 12.8 Å². The van der Waals surface area contributed by atoms with Crippen LogP contribution in [0, 0.1) is 11.3 Å². The van der Waals surface area contributed by atoms with Gasteiger partial charge in [-0.2, -0.15) is 0 Å². The fourth-order valence-corrected chi connectivity index (χ4v) is 1.77. The van der Waals surface area contributed by atoms with Crippen molar-refractivity contribution in [3.05, 3.63) is 0 Å². The standard InChI is InChI=1S/C15H28O4/c1-6-10-18-13(16)15(7-2,8-3)14(17)19-11-9-12(4)5/h12H,6-11H2,1-5H3. The quantitative estimate of drug-likeness (QED) is 0.477. The minimum Gasteiger partial charge on any atom is -0.465 e. The Balaban J connectivity index is 4.66. The first kappa shape index (κ1) is 17.9. The summed E-state index contributed by atoms with van der Waals surface area (Å²) < 4.78 is 10.4. The van der Waals surface area contributed by atoms with Gasteiger partial charge in [-0.05, 0) is 31.6 Å². The lowest BCUT2D eigenvalue weighted by atomic mass is 9.82. The minimum absolute atomic E-state index is 0.347. The molecule has 0 aromatic rings. The highest BCUT2D eigenvalue weighted by molar-refractivity contribution is 5.99. The van der Waals surface area contributed by atoms with Gasteiger partial charge in [0.2, 0.25) is 0 Å². The highest BCUT2D eigenvalue weighted by atomic mass is 16.6. The van der Waals surface area contributed by atoms with E-state index in [4.69, 9.17) is 9.47 Å². The van der Waals surface area contributed by atoms with Crippen LogP contribution in [-0.4, -0.2) is 25.2 Å². The molecule has 0 rings (SSSR count). The van der Waals surface area contributed by atoms with Gasteiger partial charge in [-0.25, -0.2) is 0 Å². The average molecular weight is 272 g/mol. The second kappa shape index (κ2) is 8.94. The molecule has 112 valence electrons. The zero-order valence-electron chi connectivity index (χ0n) is 13.0. The van der Waals surface area contributed by atoms with Gasteiger partial charge in [0, 0.05) is 0 Å². The molecule has 0 fully saturated rings. The first-order valence-electron chi connectivity index (χ1n) is 7.29. The summed E-state index contributed by atoms with van der Waals surface area (Å²) >= 11 is 0. The SMILES string of the molecule is CCCOC(=O)C(CC)(CC)C(=O)OCCC(C)C. The summed E-state index contributed by atoms with van der Waals surface area (Å²) in [5.74, 6) is -0.425. The predicted molar refractivity (Wildman–Crippen MR) is 74.7 cm³/mol. The maximum absolute atomic E-state index is 12.2. The molecule has 0 saturated carbocycles. The molecule has 0 saturated heterocycles. The van der Waals surface area contributed by atoms with Gasteiger partial charge in [0.05, 0.1) is 13.2 Å². The van der Waals surface area contributed by atoms with Crippen molar-refractivity contribution < 1.29 is 19.1 Å². The Morgan fingerprint density at radius 2 is 1.42 bits per heavy atom. The van der Waals surface area contributed by atoms with Crippen molar-refractivity contribution in [1.29, 1.82) is 0 Å². The minimum atomic E-state index is -1.13. The monoisotopic (exact) mass is 272 g/mol. The molecule has 0 spiro atoms. The highest BCUT2D eigenvalue weighted by Crippen LogP contribution is 2.30. The van der Waals surface area contributed by atoms with Crippen LogP contribution in [0.4, 0.5) is 0 Å². The van der Waals surface area contributed by atoms with E-state index in [1.807, 2.05) is 20.8 Å². The molecule has 0 radical (unpaired) electrons. The third-order valence-corrected chi connectivity index (χ3v) is 3.35. The second-order valence-corrected chi connectivity index (χ2v) is 5.24. The molecule has 0 aliphatic heterocycles. The second-order valence-electron chi connectivity index (χ2n) is 5.24. The molecule has 0 unspecified atom stereocenters. The Bertz CT molecular complexity index is 280. The third-order valence-electron chi connectivity index (χ3n) is 3.35. The van der Waals surface area contributed by atoms with Crippen molar-refractivity contribution >= 4 is 11.9 Å². The normalized spacial score (nSPS) is 11.5. The smallest absolute Gasteiger partial charge is 0.323 e. The maximum Gasteiger partial charge on any atom is 0.323 e. The lowest BCUT2D eigenvalue weighted by Gasteiger charge is -2.27. The molecule has 19 heavy (non-hydrogen) atoms. The number of hydrogen-bond donors (Lipinski definition) is 0. The average Bonchev–Trinajstić information content (AvgIpc) is 2.38. The molecule has 0 amide bonds. The van der Waals surface area contributed by atoms with Crippen LogP contribution in [0.1, 0.15) is 60.3 Å². The molecule has 0 aromatic carbocycles. The Morgan fingerprint density at radius 3 is 1.79 bits per heavy atom. The Morgan fingerprint density at radius 1 is 0.947 bits per heavy atom. The van der Waals surface area contributed by atoms with Crippen molar-refractivity contribution in [3.63, 3.8) is 0 Å². The van der Waals surface area contributed by atoms with Crippen LogP contribution < -0.4 is 0 Å². The first-order valence-corrected chi connectivity index (χ1v) is 7.29. The van der Waals surface area contributed by atoms with Crippen LogP contribution in [0.5, 0.6) is 0 Å². The Kier molecular flexibility index (Phi) is 8.44. The molecule has 0 bridgehead atoms. The highest BCUT2D eigenvalue weighted by Gasteiger charge is 2.45. The summed E-state index contributed by atoms with van der Waals surface area (Å²) in [4.78, 5) is 24.3. The fraction of sp³-hybridized carbons (Fsp3) is 0.867. The zero-order valence-corrected chi connectivity index (χ0v) is 13.0. The van der Waals surface area contributed by atoms with Crippen molar-refractivity contribution in [2.45, 2.75) is 60.3 Å². The van der Waals surface area contributed by atoms with Crippen molar-refractivity contribution in [2.75, 3.05) is 13.2 Å². The van der Waals surface area contributed by atoms with Gasteiger partial charge in [0.15, 0.2) is 5.41 Å². The van der Waals surface area contributed by atoms with Gasteiger partial charge in [-0.15, -0.1) is 0 Å². The summed E-state index contributed by atoms with van der Waals surface area (Å²) in [7, 11) is 0. The number of esters is 2. The van der Waals surface area contributed by atoms with E-state index in [9.17, 15) is 9.59 Å². The molecule has 0 heterocycles. The lowest BCUT2D eigenvalue weighted by Crippen LogP contribution is -2.41. The largest absolute Gasteiger partial charge is 0.465 e. The zero-order chi connectivity index (χ0) is 14.9. The molecule has 0 N–H and O–H groups in total. The summed E-state index contributed by atoms with van der Waals surface area (Å²) in [5.41, 5.74) is -1.13. The molecule has 0 aliphatic rings. The Labute approximate surface area is 116 Å². The molecular formula is C15H28O4. The number of ether oxygens (including phenoxy) is 2. The van der Waals surface area contributed by atoms with Gasteiger partial charge < -0.3 is 9.47 Å². The molecule has 0 atom stereocenters. The summed E-state index contributed by atoms with van der Waals surface area (Å²) in [5, 5.41) is 0. The molecule has 0 aromatic heterocycles. The number of carbonyl (C=O) groups is 2. The first-order chi connectivity index (χ1) is 8.94. The lowest BCUT2D eigenvalue weighted by molar-refractivity contribution is -0.173. The topological polar surface area (TPSA) is 52.6 Å². The van der Waals surface area contributed by atoms with E-state index in [0.29, 0.717) is 32.0 Å². The number of hydrogen-bond acceptors (Lipinski definition) is 4. The van der Waals surface area contributed by atoms with Gasteiger partial charge in [0.1, 0.15) is 0 Å². The number of carbonyl (C=O) groups excluding carboxylic acids is 2. The molecule has 4 nitrogen and oxygen atoms in total. The van der Waals surface area contributed by atoms with Crippen LogP contribution in [0.15, 0.2) is 0 Å². The van der Waals surface area contributed by atoms with Gasteiger partial charge in [0.25, 0.3) is 0 Å². The van der Waals surface area contributed by atoms with Gasteiger partial charge in [-0.1, -0.05) is 34.6 Å². The van der Waals surface area contributed by atoms with E-state index in [2.05, 4.69) is 13.8 Å². The van der Waals surface area contributed by atoms with Gasteiger partial charge in [-0.3, -0.25) is 9.59 Å². The van der Waals surface area contributed by atoms with Crippen LogP contribution >= 0.6 is 0 Å². The number of rotatable bonds is 9. The summed E-state index contributed by atoms with van der Waals surface area (Å²) in [6, 6.07) is 0. The fourth-order valence-electron chi connectivity index (χ4n) is 1.77. The van der Waals surface area contributed by atoms with Gasteiger partial charge >= 0.3 is 11.9 Å². The van der Waals surface area contributed by atoms with Crippen LogP contribution in [0.2, 0.25) is 0 Å². The summed E-state index contributed by atoms with van der Waals surface area (Å²) in [6.45, 7) is 10.4. The van der Waals surface area contributed by atoms with E-state index in [1.54, 1.807) is 0 Å². The molecular weight excluding hydrogens is 244 g/mol. The molecule has 0 aliphatic carbocycles. The van der Waals surface area contributed by atoms with Crippen LogP contribution in [0.3, 0.4) is 0 Å². The maximum atomic E-state index is 12.2. The van der Waals surface area contributed by atoms with E-state index in [1.165, 1.54) is 0 Å². The third kappa shape index (κ3) is 5.21. The predicted octanol–water partition coefficient (Wildman–Crippen LogP) is 3.34. The van der Waals surface area contributed by atoms with Crippen LogP contribution in [0.25, 0.3) is 0 Å². The van der Waals surface area contributed by atoms with Crippen LogP contribution in [-0.2, 0) is 19.1 Å². The Hall–Kier alpha value is -1.06. The van der Waals surface area contributed by atoms with Crippen molar-refractivity contribution in [2.24, 2.45) is 11.3 Å². The van der Waals surface area contributed by atoms with E-state index >= 15 is 0 Å².